The minimum atomic E-state index is -0.304. The smallest absolute Gasteiger partial charge is 0.276 e. The summed E-state index contributed by atoms with van der Waals surface area (Å²) in [6.45, 7) is 1.01. The van der Waals surface area contributed by atoms with Crippen molar-refractivity contribution in [2.75, 3.05) is 19.6 Å². The molecular weight excluding hydrogens is 412 g/mol. The average Bonchev–Trinajstić information content (AvgIpc) is 3.25. The van der Waals surface area contributed by atoms with Crippen LogP contribution < -0.4 is 0 Å². The lowest BCUT2D eigenvalue weighted by Gasteiger charge is -2.41. The number of rotatable bonds is 2. The quantitative estimate of drug-likeness (QED) is 0.675. The van der Waals surface area contributed by atoms with Crippen molar-refractivity contribution in [2.45, 2.75) is 37.8 Å². The molecule has 3 heterocycles. The molecule has 0 radical (unpaired) electrons. The molecule has 2 aromatic heterocycles. The monoisotopic (exact) mass is 432 g/mol. The lowest BCUT2D eigenvalue weighted by Crippen LogP contribution is -2.56. The Morgan fingerprint density at radius 2 is 1.93 bits per heavy atom. The van der Waals surface area contributed by atoms with Crippen LogP contribution in [0.5, 0.6) is 0 Å². The Bertz CT molecular complexity index is 1100. The molecule has 2 aliphatic rings. The summed E-state index contributed by atoms with van der Waals surface area (Å²) in [5, 5.41) is 9.98. The molecular formula is C20H21ClN4O3S. The van der Waals surface area contributed by atoms with Gasteiger partial charge in [-0.3, -0.25) is 14.0 Å². The van der Waals surface area contributed by atoms with Gasteiger partial charge in [-0.15, -0.1) is 0 Å². The second-order valence-electron chi connectivity index (χ2n) is 7.72. The highest BCUT2D eigenvalue weighted by Gasteiger charge is 2.35. The summed E-state index contributed by atoms with van der Waals surface area (Å²) < 4.78 is 2.84. The third kappa shape index (κ3) is 3.19. The Morgan fingerprint density at radius 3 is 2.69 bits per heavy atom. The van der Waals surface area contributed by atoms with Gasteiger partial charge in [-0.25, -0.2) is 4.98 Å². The Balaban J connectivity index is 1.35. The van der Waals surface area contributed by atoms with E-state index >= 15 is 0 Å². The number of hydrogen-bond donors (Lipinski definition) is 1. The maximum absolute atomic E-state index is 13.1. The summed E-state index contributed by atoms with van der Waals surface area (Å²) >= 11 is 8.01. The van der Waals surface area contributed by atoms with Crippen molar-refractivity contribution >= 4 is 49.9 Å². The van der Waals surface area contributed by atoms with E-state index in [1.54, 1.807) is 4.40 Å². The van der Waals surface area contributed by atoms with Gasteiger partial charge >= 0.3 is 0 Å². The van der Waals surface area contributed by atoms with Crippen LogP contribution in [-0.2, 0) is 4.79 Å². The van der Waals surface area contributed by atoms with Gasteiger partial charge in [0.2, 0.25) is 5.91 Å². The molecule has 5 rings (SSSR count). The average molecular weight is 433 g/mol. The van der Waals surface area contributed by atoms with Crippen LogP contribution in [0, 0.1) is 0 Å². The van der Waals surface area contributed by atoms with Gasteiger partial charge in [0, 0.05) is 19.1 Å². The number of halogens is 1. The fraction of sp³-hybridized carbons (Fsp3) is 0.450. The number of para-hydroxylation sites is 1. The summed E-state index contributed by atoms with van der Waals surface area (Å²) in [6, 6.07) is 7.99. The van der Waals surface area contributed by atoms with Crippen molar-refractivity contribution in [1.82, 2.24) is 19.2 Å². The van der Waals surface area contributed by atoms with Crippen molar-refractivity contribution in [3.63, 3.8) is 0 Å². The molecule has 29 heavy (non-hydrogen) atoms. The molecule has 1 aliphatic heterocycles. The largest absolute Gasteiger partial charge is 0.393 e. The van der Waals surface area contributed by atoms with Gasteiger partial charge in [0.25, 0.3) is 5.91 Å². The number of thiazole rings is 1. The van der Waals surface area contributed by atoms with Gasteiger partial charge < -0.3 is 14.9 Å². The van der Waals surface area contributed by atoms with E-state index < -0.39 is 0 Å². The molecule has 1 saturated carbocycles. The number of benzene rings is 1. The molecule has 152 valence electrons. The van der Waals surface area contributed by atoms with Crippen molar-refractivity contribution < 1.29 is 14.7 Å². The number of carbonyl (C=O) groups excluding carboxylic acids is 2. The topological polar surface area (TPSA) is 78.2 Å². The number of fused-ring (bicyclic) bond motifs is 3. The van der Waals surface area contributed by atoms with Gasteiger partial charge in [-0.1, -0.05) is 35.1 Å². The Labute approximate surface area is 176 Å². The van der Waals surface area contributed by atoms with Crippen LogP contribution in [0.2, 0.25) is 5.15 Å². The van der Waals surface area contributed by atoms with Crippen molar-refractivity contribution in [3.8, 4) is 0 Å². The summed E-state index contributed by atoms with van der Waals surface area (Å²) in [4.78, 5) is 34.3. The SMILES string of the molecule is O=C(c1nc2sc3ccccc3n2c1Cl)N1CCN(C2CCC(O)CC2)C(=O)C1. The first-order chi connectivity index (χ1) is 14.0. The molecule has 2 amide bonds. The summed E-state index contributed by atoms with van der Waals surface area (Å²) in [5.74, 6) is -0.351. The molecule has 0 unspecified atom stereocenters. The van der Waals surface area contributed by atoms with Crippen LogP contribution in [0.1, 0.15) is 36.2 Å². The zero-order valence-corrected chi connectivity index (χ0v) is 17.3. The minimum Gasteiger partial charge on any atom is -0.393 e. The van der Waals surface area contributed by atoms with Crippen LogP contribution in [0.15, 0.2) is 24.3 Å². The Hall–Kier alpha value is -2.16. The van der Waals surface area contributed by atoms with E-state index in [1.165, 1.54) is 16.2 Å². The van der Waals surface area contributed by atoms with Crippen LogP contribution >= 0.6 is 22.9 Å². The number of amides is 2. The van der Waals surface area contributed by atoms with Gasteiger partial charge in [-0.05, 0) is 37.8 Å². The second kappa shape index (κ2) is 7.27. The van der Waals surface area contributed by atoms with E-state index in [0.717, 1.165) is 35.9 Å². The highest BCUT2D eigenvalue weighted by Crippen LogP contribution is 2.32. The standard InChI is InChI=1S/C20H21ClN4O3S/c21-18-17(22-20-25(18)14-3-1-2-4-15(14)29-20)19(28)23-9-10-24(16(27)11-23)12-5-7-13(26)8-6-12/h1-4,12-13,26H,5-11H2. The van der Waals surface area contributed by atoms with Gasteiger partial charge in [0.1, 0.15) is 11.7 Å². The maximum atomic E-state index is 13.1. The zero-order chi connectivity index (χ0) is 20.1. The summed E-state index contributed by atoms with van der Waals surface area (Å²) in [5.41, 5.74) is 1.12. The van der Waals surface area contributed by atoms with E-state index in [9.17, 15) is 14.7 Å². The van der Waals surface area contributed by atoms with Gasteiger partial charge in [0.15, 0.2) is 10.7 Å². The number of nitrogens with zero attached hydrogens (tertiary/aromatic N) is 4. The molecule has 1 N–H and O–H groups in total. The Kier molecular flexibility index (Phi) is 4.72. The molecule has 3 aromatic rings. The zero-order valence-electron chi connectivity index (χ0n) is 15.8. The summed E-state index contributed by atoms with van der Waals surface area (Å²) in [6.07, 6.45) is 2.84. The highest BCUT2D eigenvalue weighted by molar-refractivity contribution is 7.23. The molecule has 2 fully saturated rings. The van der Waals surface area contributed by atoms with Crippen LogP contribution in [-0.4, -0.2) is 67.9 Å². The first-order valence-electron chi connectivity index (χ1n) is 9.85. The predicted molar refractivity (Wildman–Crippen MR) is 111 cm³/mol. The van der Waals surface area contributed by atoms with Crippen molar-refractivity contribution in [1.29, 1.82) is 0 Å². The lowest BCUT2D eigenvalue weighted by atomic mass is 9.91. The van der Waals surface area contributed by atoms with E-state index in [0.29, 0.717) is 23.2 Å². The molecule has 1 saturated heterocycles. The number of hydrogen-bond acceptors (Lipinski definition) is 5. The lowest BCUT2D eigenvalue weighted by molar-refractivity contribution is -0.138. The fourth-order valence-corrected chi connectivity index (χ4v) is 5.76. The first kappa shape index (κ1) is 18.8. The Morgan fingerprint density at radius 1 is 1.17 bits per heavy atom. The second-order valence-corrected chi connectivity index (χ2v) is 9.08. The third-order valence-corrected chi connectivity index (χ3v) is 7.32. The number of aliphatic hydroxyl groups is 1. The van der Waals surface area contributed by atoms with Gasteiger partial charge in [-0.2, -0.15) is 0 Å². The summed E-state index contributed by atoms with van der Waals surface area (Å²) in [7, 11) is 0. The van der Waals surface area contributed by atoms with Gasteiger partial charge in [0.05, 0.1) is 16.3 Å². The predicted octanol–water partition coefficient (Wildman–Crippen LogP) is 2.79. The molecule has 9 heteroatoms. The first-order valence-corrected chi connectivity index (χ1v) is 11.0. The van der Waals surface area contributed by atoms with E-state index in [1.807, 2.05) is 29.2 Å². The number of piperazine rings is 1. The molecule has 0 atom stereocenters. The van der Waals surface area contributed by atoms with Crippen LogP contribution in [0.25, 0.3) is 15.2 Å². The molecule has 0 spiro atoms. The van der Waals surface area contributed by atoms with Crippen LogP contribution in [0.4, 0.5) is 0 Å². The van der Waals surface area contributed by atoms with E-state index in [2.05, 4.69) is 4.98 Å². The minimum absolute atomic E-state index is 0.0418. The van der Waals surface area contributed by atoms with E-state index in [4.69, 9.17) is 11.6 Å². The van der Waals surface area contributed by atoms with Crippen molar-refractivity contribution in [3.05, 3.63) is 35.1 Å². The number of aromatic nitrogens is 2. The number of aliphatic hydroxyl groups excluding tert-OH is 1. The maximum Gasteiger partial charge on any atom is 0.276 e. The molecule has 0 bridgehead atoms. The van der Waals surface area contributed by atoms with Crippen LogP contribution in [0.3, 0.4) is 0 Å². The third-order valence-electron chi connectivity index (χ3n) is 5.95. The highest BCUT2D eigenvalue weighted by atomic mass is 35.5. The number of carbonyl (C=O) groups is 2. The fourth-order valence-electron chi connectivity index (χ4n) is 4.39. The normalized spacial score (nSPS) is 23.3. The molecule has 1 aromatic carbocycles. The van der Waals surface area contributed by atoms with Crippen molar-refractivity contribution in [2.24, 2.45) is 0 Å². The molecule has 1 aliphatic carbocycles. The molecule has 7 nitrogen and oxygen atoms in total. The number of imidazole rings is 1. The van der Waals surface area contributed by atoms with E-state index in [-0.39, 0.29) is 36.2 Å².